The summed E-state index contributed by atoms with van der Waals surface area (Å²) >= 11 is 1.62. The van der Waals surface area contributed by atoms with E-state index in [0.717, 1.165) is 24.9 Å². The Hall–Kier alpha value is -1.73. The largest absolute Gasteiger partial charge is 0.367 e. The molecule has 1 amide bonds. The molecule has 1 fully saturated rings. The Morgan fingerprint density at radius 3 is 3.12 bits per heavy atom. The minimum absolute atomic E-state index is 0.0274. The maximum absolute atomic E-state index is 12.4. The van der Waals surface area contributed by atoms with Crippen molar-refractivity contribution >= 4 is 17.2 Å². The van der Waals surface area contributed by atoms with Gasteiger partial charge in [0.25, 0.3) is 5.89 Å². The lowest BCUT2D eigenvalue weighted by molar-refractivity contribution is -0.135. The number of likely N-dealkylation sites (tertiary alicyclic amines) is 1. The van der Waals surface area contributed by atoms with Crippen molar-refractivity contribution in [2.75, 3.05) is 13.1 Å². The molecule has 0 radical (unpaired) electrons. The number of amides is 1. The van der Waals surface area contributed by atoms with Gasteiger partial charge >= 0.3 is 0 Å². The fourth-order valence-electron chi connectivity index (χ4n) is 2.73. The molecule has 0 saturated carbocycles. The van der Waals surface area contributed by atoms with Crippen LogP contribution >= 0.6 is 11.3 Å². The van der Waals surface area contributed by atoms with Crippen LogP contribution in [0.3, 0.4) is 0 Å². The van der Waals surface area contributed by atoms with Crippen molar-refractivity contribution in [3.05, 3.63) is 34.1 Å². The van der Waals surface area contributed by atoms with Crippen LogP contribution in [0, 0.1) is 0 Å². The number of ether oxygens (including phenoxy) is 1. The monoisotopic (exact) mass is 349 g/mol. The van der Waals surface area contributed by atoms with Crippen LogP contribution in [0.4, 0.5) is 0 Å². The van der Waals surface area contributed by atoms with Gasteiger partial charge in [-0.3, -0.25) is 4.79 Å². The van der Waals surface area contributed by atoms with Crippen molar-refractivity contribution in [1.29, 1.82) is 0 Å². The molecule has 0 aromatic carbocycles. The van der Waals surface area contributed by atoms with E-state index in [4.69, 9.17) is 9.26 Å². The van der Waals surface area contributed by atoms with Crippen LogP contribution in [-0.2, 0) is 22.6 Å². The van der Waals surface area contributed by atoms with Gasteiger partial charge in [0.1, 0.15) is 6.61 Å². The molecule has 7 heteroatoms. The van der Waals surface area contributed by atoms with Gasteiger partial charge in [0.15, 0.2) is 5.82 Å². The molecule has 130 valence electrons. The minimum atomic E-state index is 0.0274. The van der Waals surface area contributed by atoms with Gasteiger partial charge in [-0.15, -0.1) is 0 Å². The van der Waals surface area contributed by atoms with Crippen molar-refractivity contribution in [3.8, 4) is 0 Å². The van der Waals surface area contributed by atoms with Gasteiger partial charge in [-0.25, -0.2) is 0 Å². The molecular weight excluding hydrogens is 326 g/mol. The lowest BCUT2D eigenvalue weighted by Crippen LogP contribution is -2.43. The number of rotatable bonds is 6. The molecular formula is C17H23N3O3S. The van der Waals surface area contributed by atoms with Gasteiger partial charge in [0.05, 0.1) is 12.5 Å². The summed E-state index contributed by atoms with van der Waals surface area (Å²) in [4.78, 5) is 18.6. The summed E-state index contributed by atoms with van der Waals surface area (Å²) in [5.41, 5.74) is 1.08. The van der Waals surface area contributed by atoms with Crippen LogP contribution in [-0.4, -0.2) is 40.1 Å². The standard InChI is InChI=1S/C17H23N3O3S/c1-12(2)17-18-15(23-19-17)10-22-14-4-3-6-20(9-14)16(21)8-13-5-7-24-11-13/h5,7,11-12,14H,3-4,6,8-10H2,1-2H3/t14-/m1/s1. The van der Waals surface area contributed by atoms with E-state index in [-0.39, 0.29) is 17.9 Å². The Bertz CT molecular complexity index is 654. The SMILES string of the molecule is CC(C)c1noc(CO[C@@H]2CCCN(C(=O)Cc3ccsc3)C2)n1. The number of piperidine rings is 1. The van der Waals surface area contributed by atoms with Crippen molar-refractivity contribution < 1.29 is 14.1 Å². The third kappa shape index (κ3) is 4.42. The van der Waals surface area contributed by atoms with Gasteiger partial charge in [0, 0.05) is 19.0 Å². The van der Waals surface area contributed by atoms with E-state index in [1.54, 1.807) is 11.3 Å². The molecule has 0 unspecified atom stereocenters. The summed E-state index contributed by atoms with van der Waals surface area (Å²) in [7, 11) is 0. The fourth-order valence-corrected chi connectivity index (χ4v) is 3.40. The van der Waals surface area contributed by atoms with Gasteiger partial charge in [0.2, 0.25) is 5.91 Å². The summed E-state index contributed by atoms with van der Waals surface area (Å²) in [6.45, 7) is 5.78. The lowest BCUT2D eigenvalue weighted by atomic mass is 10.1. The second-order valence-electron chi connectivity index (χ2n) is 6.42. The second-order valence-corrected chi connectivity index (χ2v) is 7.20. The van der Waals surface area contributed by atoms with Gasteiger partial charge in [-0.2, -0.15) is 16.3 Å². The van der Waals surface area contributed by atoms with Crippen LogP contribution in [0.5, 0.6) is 0 Å². The zero-order valence-electron chi connectivity index (χ0n) is 14.1. The third-order valence-electron chi connectivity index (χ3n) is 4.11. The summed E-state index contributed by atoms with van der Waals surface area (Å²) < 4.78 is 11.1. The Kier molecular flexibility index (Phi) is 5.63. The first-order chi connectivity index (χ1) is 11.6. The topological polar surface area (TPSA) is 68.5 Å². The Morgan fingerprint density at radius 2 is 2.42 bits per heavy atom. The van der Waals surface area contributed by atoms with E-state index in [1.807, 2.05) is 35.6 Å². The fraction of sp³-hybridized carbons (Fsp3) is 0.588. The summed E-state index contributed by atoms with van der Waals surface area (Å²) in [5, 5.41) is 7.96. The zero-order valence-corrected chi connectivity index (χ0v) is 14.9. The molecule has 6 nitrogen and oxygen atoms in total. The molecule has 0 spiro atoms. The quantitative estimate of drug-likeness (QED) is 0.802. The van der Waals surface area contributed by atoms with Crippen LogP contribution in [0.1, 0.15) is 49.9 Å². The summed E-state index contributed by atoms with van der Waals surface area (Å²) in [6.07, 6.45) is 2.41. The number of carbonyl (C=O) groups is 1. The Balaban J connectivity index is 1.48. The predicted molar refractivity (Wildman–Crippen MR) is 90.8 cm³/mol. The molecule has 1 atom stereocenters. The van der Waals surface area contributed by atoms with Crippen molar-refractivity contribution in [2.45, 2.75) is 51.7 Å². The number of carbonyl (C=O) groups excluding carboxylic acids is 1. The highest BCUT2D eigenvalue weighted by Gasteiger charge is 2.25. The smallest absolute Gasteiger partial charge is 0.252 e. The molecule has 24 heavy (non-hydrogen) atoms. The molecule has 0 aliphatic carbocycles. The molecule has 0 bridgehead atoms. The van der Waals surface area contributed by atoms with E-state index < -0.39 is 0 Å². The molecule has 3 rings (SSSR count). The van der Waals surface area contributed by atoms with Gasteiger partial charge < -0.3 is 14.2 Å². The Labute approximate surface area is 145 Å². The average molecular weight is 349 g/mol. The normalized spacial score (nSPS) is 18.3. The van der Waals surface area contributed by atoms with Gasteiger partial charge in [-0.1, -0.05) is 19.0 Å². The maximum Gasteiger partial charge on any atom is 0.252 e. The molecule has 1 saturated heterocycles. The van der Waals surface area contributed by atoms with Crippen molar-refractivity contribution in [1.82, 2.24) is 15.0 Å². The summed E-state index contributed by atoms with van der Waals surface area (Å²) in [6, 6.07) is 2.00. The number of nitrogens with zero attached hydrogens (tertiary/aromatic N) is 3. The predicted octanol–water partition coefficient (Wildman–Crippen LogP) is 3.00. The van der Waals surface area contributed by atoms with Crippen LogP contribution in [0.15, 0.2) is 21.3 Å². The van der Waals surface area contributed by atoms with Gasteiger partial charge in [-0.05, 0) is 35.2 Å². The van der Waals surface area contributed by atoms with Crippen molar-refractivity contribution in [2.24, 2.45) is 0 Å². The lowest BCUT2D eigenvalue weighted by Gasteiger charge is -2.32. The first-order valence-electron chi connectivity index (χ1n) is 8.34. The van der Waals surface area contributed by atoms with E-state index >= 15 is 0 Å². The van der Waals surface area contributed by atoms with E-state index in [1.165, 1.54) is 0 Å². The molecule has 3 heterocycles. The molecule has 0 N–H and O–H groups in total. The van der Waals surface area contributed by atoms with Crippen LogP contribution < -0.4 is 0 Å². The summed E-state index contributed by atoms with van der Waals surface area (Å²) in [5.74, 6) is 1.61. The minimum Gasteiger partial charge on any atom is -0.367 e. The molecule has 2 aromatic rings. The highest BCUT2D eigenvalue weighted by atomic mass is 32.1. The zero-order chi connectivity index (χ0) is 16.9. The average Bonchev–Trinajstić information content (AvgIpc) is 3.25. The molecule has 1 aliphatic rings. The van der Waals surface area contributed by atoms with Crippen LogP contribution in [0.2, 0.25) is 0 Å². The number of hydrogen-bond acceptors (Lipinski definition) is 6. The first kappa shape index (κ1) is 17.1. The van der Waals surface area contributed by atoms with E-state index in [9.17, 15) is 4.79 Å². The maximum atomic E-state index is 12.4. The highest BCUT2D eigenvalue weighted by Crippen LogP contribution is 2.17. The first-order valence-corrected chi connectivity index (χ1v) is 9.29. The van der Waals surface area contributed by atoms with Crippen LogP contribution in [0.25, 0.3) is 0 Å². The third-order valence-corrected chi connectivity index (χ3v) is 4.84. The van der Waals surface area contributed by atoms with Crippen molar-refractivity contribution in [3.63, 3.8) is 0 Å². The number of thiophene rings is 1. The van der Waals surface area contributed by atoms with E-state index in [2.05, 4.69) is 10.1 Å². The second kappa shape index (κ2) is 7.90. The number of aromatic nitrogens is 2. The van der Waals surface area contributed by atoms with E-state index in [0.29, 0.717) is 31.3 Å². The molecule has 1 aliphatic heterocycles. The Morgan fingerprint density at radius 1 is 1.54 bits per heavy atom. The molecule has 2 aromatic heterocycles. The number of hydrogen-bond donors (Lipinski definition) is 0. The highest BCUT2D eigenvalue weighted by molar-refractivity contribution is 7.07.